The molecule has 4 heteroatoms. The molecule has 0 saturated heterocycles. The summed E-state index contributed by atoms with van der Waals surface area (Å²) in [6.07, 6.45) is 3.14. The summed E-state index contributed by atoms with van der Waals surface area (Å²) < 4.78 is 5.49. The van der Waals surface area contributed by atoms with Gasteiger partial charge in [-0.25, -0.2) is 4.98 Å². The molecule has 0 atom stereocenters. The summed E-state index contributed by atoms with van der Waals surface area (Å²) in [5, 5.41) is 0.383. The summed E-state index contributed by atoms with van der Waals surface area (Å²) in [7, 11) is 0. The third-order valence-corrected chi connectivity index (χ3v) is 2.16. The molecule has 0 unspecified atom stereocenters. The highest BCUT2D eigenvalue weighted by atomic mass is 35.5. The highest BCUT2D eigenvalue weighted by Crippen LogP contribution is 2.13. The molecule has 0 aliphatic rings. The molecule has 2 aromatic rings. The maximum Gasteiger partial charge on any atom is 0.154 e. The number of benzene rings is 1. The van der Waals surface area contributed by atoms with E-state index in [2.05, 4.69) is 9.97 Å². The van der Waals surface area contributed by atoms with Crippen LogP contribution < -0.4 is 4.74 Å². The van der Waals surface area contributed by atoms with Crippen molar-refractivity contribution in [1.29, 1.82) is 0 Å². The van der Waals surface area contributed by atoms with E-state index in [-0.39, 0.29) is 0 Å². The highest BCUT2D eigenvalue weighted by molar-refractivity contribution is 6.29. The van der Waals surface area contributed by atoms with Crippen LogP contribution >= 0.6 is 11.6 Å². The fourth-order valence-electron chi connectivity index (χ4n) is 1.12. The van der Waals surface area contributed by atoms with E-state index in [4.69, 9.17) is 16.3 Å². The molecule has 76 valence electrons. The average molecular weight is 221 g/mol. The van der Waals surface area contributed by atoms with Crippen LogP contribution in [0.25, 0.3) is 0 Å². The van der Waals surface area contributed by atoms with Crippen LogP contribution in [0.2, 0.25) is 5.15 Å². The van der Waals surface area contributed by atoms with Gasteiger partial charge in [0.2, 0.25) is 0 Å². The van der Waals surface area contributed by atoms with Gasteiger partial charge >= 0.3 is 0 Å². The van der Waals surface area contributed by atoms with Gasteiger partial charge in [-0.05, 0) is 12.1 Å². The molecule has 0 saturated carbocycles. The van der Waals surface area contributed by atoms with Crippen LogP contribution in [-0.2, 0) is 6.61 Å². The molecule has 1 heterocycles. The molecule has 0 aliphatic heterocycles. The van der Waals surface area contributed by atoms with E-state index in [0.29, 0.717) is 17.5 Å². The maximum absolute atomic E-state index is 5.84. The second-order valence-corrected chi connectivity index (χ2v) is 3.25. The van der Waals surface area contributed by atoms with Gasteiger partial charge < -0.3 is 4.74 Å². The fourth-order valence-corrected chi connectivity index (χ4v) is 1.27. The summed E-state index contributed by atoms with van der Waals surface area (Å²) in [6, 6.07) is 9.51. The zero-order valence-electron chi connectivity index (χ0n) is 7.93. The summed E-state index contributed by atoms with van der Waals surface area (Å²) in [5.74, 6) is 0.791. The lowest BCUT2D eigenvalue weighted by molar-refractivity contribution is 0.301. The maximum atomic E-state index is 5.84. The molecule has 0 fully saturated rings. The Hall–Kier alpha value is -1.61. The second kappa shape index (κ2) is 4.75. The van der Waals surface area contributed by atoms with Crippen LogP contribution in [0.1, 0.15) is 5.69 Å². The lowest BCUT2D eigenvalue weighted by atomic mass is 10.3. The first-order valence-corrected chi connectivity index (χ1v) is 4.87. The lowest BCUT2D eigenvalue weighted by Crippen LogP contribution is -1.99. The number of ether oxygens (including phenoxy) is 1. The van der Waals surface area contributed by atoms with Crippen molar-refractivity contribution in [1.82, 2.24) is 9.97 Å². The molecule has 3 nitrogen and oxygen atoms in total. The van der Waals surface area contributed by atoms with Crippen molar-refractivity contribution >= 4 is 11.6 Å². The first kappa shape index (κ1) is 9.93. The van der Waals surface area contributed by atoms with Gasteiger partial charge in [0.25, 0.3) is 0 Å². The Morgan fingerprint density at radius 1 is 1.07 bits per heavy atom. The summed E-state index contributed by atoms with van der Waals surface area (Å²) >= 11 is 5.84. The minimum atomic E-state index is 0.330. The van der Waals surface area contributed by atoms with Crippen molar-refractivity contribution in [2.45, 2.75) is 6.61 Å². The molecule has 0 N–H and O–H groups in total. The minimum absolute atomic E-state index is 0.330. The number of nitrogens with zero attached hydrogens (tertiary/aromatic N) is 2. The predicted octanol–water partition coefficient (Wildman–Crippen LogP) is 2.71. The monoisotopic (exact) mass is 220 g/mol. The second-order valence-electron chi connectivity index (χ2n) is 2.90. The average Bonchev–Trinajstić information content (AvgIpc) is 2.29. The van der Waals surface area contributed by atoms with Crippen molar-refractivity contribution in [2.75, 3.05) is 0 Å². The van der Waals surface area contributed by atoms with Crippen LogP contribution in [0.5, 0.6) is 5.75 Å². The number of rotatable bonds is 3. The number of para-hydroxylation sites is 1. The molecule has 1 aromatic heterocycles. The minimum Gasteiger partial charge on any atom is -0.487 e. The van der Waals surface area contributed by atoms with Crippen molar-refractivity contribution in [3.63, 3.8) is 0 Å². The molecule has 0 aliphatic carbocycles. The van der Waals surface area contributed by atoms with Gasteiger partial charge in [0.15, 0.2) is 5.15 Å². The number of halogens is 1. The van der Waals surface area contributed by atoms with Gasteiger partial charge in [0.1, 0.15) is 18.1 Å². The van der Waals surface area contributed by atoms with Gasteiger partial charge in [0.05, 0.1) is 0 Å². The van der Waals surface area contributed by atoms with Crippen molar-refractivity contribution in [3.8, 4) is 5.75 Å². The molecule has 2 rings (SSSR count). The first-order valence-electron chi connectivity index (χ1n) is 4.49. The first-order chi connectivity index (χ1) is 7.36. The molecule has 0 amide bonds. The van der Waals surface area contributed by atoms with Crippen LogP contribution in [-0.4, -0.2) is 9.97 Å². The Balaban J connectivity index is 2.03. The summed E-state index contributed by atoms with van der Waals surface area (Å²) in [6.45, 7) is 0.330. The van der Waals surface area contributed by atoms with Gasteiger partial charge in [0, 0.05) is 12.4 Å². The van der Waals surface area contributed by atoms with E-state index in [1.54, 1.807) is 12.4 Å². The normalized spacial score (nSPS) is 9.93. The standard InChI is InChI=1S/C11H9ClN2O/c12-11-10(13-6-7-14-11)8-15-9-4-2-1-3-5-9/h1-7H,8H2. The predicted molar refractivity (Wildman–Crippen MR) is 57.8 cm³/mol. The quantitative estimate of drug-likeness (QED) is 0.798. The van der Waals surface area contributed by atoms with E-state index < -0.39 is 0 Å². The molecule has 0 radical (unpaired) electrons. The van der Waals surface area contributed by atoms with Crippen LogP contribution in [0.4, 0.5) is 0 Å². The fraction of sp³-hybridized carbons (Fsp3) is 0.0909. The van der Waals surface area contributed by atoms with Gasteiger partial charge in [-0.1, -0.05) is 29.8 Å². The third-order valence-electron chi connectivity index (χ3n) is 1.84. The molecular weight excluding hydrogens is 212 g/mol. The van der Waals surface area contributed by atoms with Crippen molar-refractivity contribution in [2.24, 2.45) is 0 Å². The number of hydrogen-bond acceptors (Lipinski definition) is 3. The van der Waals surface area contributed by atoms with E-state index in [1.807, 2.05) is 30.3 Å². The smallest absolute Gasteiger partial charge is 0.154 e. The summed E-state index contributed by atoms with van der Waals surface area (Å²) in [5.41, 5.74) is 0.642. The molecule has 0 bridgehead atoms. The van der Waals surface area contributed by atoms with Crippen LogP contribution in [0, 0.1) is 0 Å². The van der Waals surface area contributed by atoms with Gasteiger partial charge in [-0.3, -0.25) is 4.98 Å². The molecule has 15 heavy (non-hydrogen) atoms. The number of hydrogen-bond donors (Lipinski definition) is 0. The zero-order valence-corrected chi connectivity index (χ0v) is 8.69. The Morgan fingerprint density at radius 2 is 1.80 bits per heavy atom. The molecular formula is C11H9ClN2O. The summed E-state index contributed by atoms with van der Waals surface area (Å²) in [4.78, 5) is 7.99. The zero-order chi connectivity index (χ0) is 10.5. The highest BCUT2D eigenvalue weighted by Gasteiger charge is 2.02. The Kier molecular flexibility index (Phi) is 3.15. The Labute approximate surface area is 92.7 Å². The lowest BCUT2D eigenvalue weighted by Gasteiger charge is -2.05. The van der Waals surface area contributed by atoms with Crippen LogP contribution in [0.3, 0.4) is 0 Å². The van der Waals surface area contributed by atoms with E-state index in [1.165, 1.54) is 0 Å². The third kappa shape index (κ3) is 2.67. The molecule has 0 spiro atoms. The van der Waals surface area contributed by atoms with Crippen LogP contribution in [0.15, 0.2) is 42.7 Å². The number of aromatic nitrogens is 2. The molecule has 1 aromatic carbocycles. The van der Waals surface area contributed by atoms with E-state index in [0.717, 1.165) is 5.75 Å². The SMILES string of the molecule is Clc1nccnc1COc1ccccc1. The Bertz CT molecular complexity index is 434. The largest absolute Gasteiger partial charge is 0.487 e. The van der Waals surface area contributed by atoms with E-state index in [9.17, 15) is 0 Å². The van der Waals surface area contributed by atoms with Gasteiger partial charge in [-0.2, -0.15) is 0 Å². The van der Waals surface area contributed by atoms with E-state index >= 15 is 0 Å². The van der Waals surface area contributed by atoms with Crippen molar-refractivity contribution < 1.29 is 4.74 Å². The van der Waals surface area contributed by atoms with Gasteiger partial charge in [-0.15, -0.1) is 0 Å². The Morgan fingerprint density at radius 3 is 2.53 bits per heavy atom. The topological polar surface area (TPSA) is 35.0 Å². The van der Waals surface area contributed by atoms with Crippen molar-refractivity contribution in [3.05, 3.63) is 53.6 Å².